The molecule has 0 aliphatic carbocycles. The van der Waals surface area contributed by atoms with E-state index in [9.17, 15) is 10.1 Å². The monoisotopic (exact) mass is 421 g/mol. The van der Waals surface area contributed by atoms with Gasteiger partial charge in [0.05, 0.1) is 22.4 Å². The van der Waals surface area contributed by atoms with E-state index in [4.69, 9.17) is 5.10 Å². The van der Waals surface area contributed by atoms with Crippen LogP contribution in [0.25, 0.3) is 0 Å². The van der Waals surface area contributed by atoms with Crippen molar-refractivity contribution in [1.29, 1.82) is 0 Å². The van der Waals surface area contributed by atoms with Gasteiger partial charge in [-0.05, 0) is 47.5 Å². The minimum absolute atomic E-state index is 0.0747. The molecule has 0 radical (unpaired) electrons. The molecule has 0 amide bonds. The van der Waals surface area contributed by atoms with Crippen LogP contribution in [-0.4, -0.2) is 10.6 Å². The second kappa shape index (κ2) is 7.32. The first-order valence-electron chi connectivity index (χ1n) is 8.54. The lowest BCUT2D eigenvalue weighted by atomic mass is 9.98. The quantitative estimate of drug-likeness (QED) is 0.400. The molecule has 5 nitrogen and oxygen atoms in total. The maximum absolute atomic E-state index is 10.9. The van der Waals surface area contributed by atoms with Crippen LogP contribution in [0.15, 0.2) is 88.4 Å². The number of nitrogens with zero attached hydrogens (tertiary/aromatic N) is 3. The molecule has 3 aromatic rings. The lowest BCUT2D eigenvalue weighted by molar-refractivity contribution is -0.384. The molecule has 4 rings (SSSR count). The van der Waals surface area contributed by atoms with E-state index in [0.29, 0.717) is 0 Å². The molecule has 134 valence electrons. The van der Waals surface area contributed by atoms with Gasteiger partial charge < -0.3 is 0 Å². The Labute approximate surface area is 165 Å². The smallest absolute Gasteiger partial charge is 0.258 e. The number of para-hydroxylation sites is 1. The summed E-state index contributed by atoms with van der Waals surface area (Å²) in [4.78, 5) is 10.5. The Hall–Kier alpha value is -2.99. The average molecular weight is 422 g/mol. The first kappa shape index (κ1) is 17.4. The Morgan fingerprint density at radius 3 is 2.26 bits per heavy atom. The Balaban J connectivity index is 1.71. The molecule has 1 heterocycles. The van der Waals surface area contributed by atoms with Crippen LogP contribution in [0, 0.1) is 10.1 Å². The second-order valence-electron chi connectivity index (χ2n) is 6.30. The Bertz CT molecular complexity index is 986. The molecule has 27 heavy (non-hydrogen) atoms. The summed E-state index contributed by atoms with van der Waals surface area (Å²) < 4.78 is 1.03. The van der Waals surface area contributed by atoms with E-state index in [0.717, 1.165) is 27.9 Å². The van der Waals surface area contributed by atoms with Gasteiger partial charge in [-0.3, -0.25) is 15.1 Å². The van der Waals surface area contributed by atoms with E-state index in [1.165, 1.54) is 17.7 Å². The van der Waals surface area contributed by atoms with E-state index in [2.05, 4.69) is 28.1 Å². The zero-order valence-electron chi connectivity index (χ0n) is 14.3. The Morgan fingerprint density at radius 2 is 1.63 bits per heavy atom. The van der Waals surface area contributed by atoms with Crippen molar-refractivity contribution in [2.45, 2.75) is 12.5 Å². The van der Waals surface area contributed by atoms with Crippen LogP contribution < -0.4 is 5.01 Å². The lowest BCUT2D eigenvalue weighted by Crippen LogP contribution is -2.18. The molecule has 6 heteroatoms. The summed E-state index contributed by atoms with van der Waals surface area (Å²) in [6, 6.07) is 25.0. The largest absolute Gasteiger partial charge is 0.269 e. The highest BCUT2D eigenvalue weighted by molar-refractivity contribution is 9.10. The van der Waals surface area contributed by atoms with Crippen molar-refractivity contribution in [3.05, 3.63) is 105 Å². The SMILES string of the molecule is O=[N+]([O-])c1ccc(C2=NN(c3ccccc3)C(c3ccc(Br)cc3)C2)cc1. The van der Waals surface area contributed by atoms with E-state index in [1.807, 2.05) is 47.5 Å². The summed E-state index contributed by atoms with van der Waals surface area (Å²) in [5.41, 5.74) is 4.09. The van der Waals surface area contributed by atoms with Crippen molar-refractivity contribution in [2.75, 3.05) is 5.01 Å². The molecule has 0 fully saturated rings. The van der Waals surface area contributed by atoms with Gasteiger partial charge in [0.2, 0.25) is 0 Å². The minimum Gasteiger partial charge on any atom is -0.258 e. The third-order valence-corrected chi connectivity index (χ3v) is 5.13. The third kappa shape index (κ3) is 3.61. The van der Waals surface area contributed by atoms with Crippen LogP contribution >= 0.6 is 15.9 Å². The number of nitro benzene ring substituents is 1. The molecule has 1 aliphatic heterocycles. The molecule has 0 bridgehead atoms. The zero-order chi connectivity index (χ0) is 18.8. The summed E-state index contributed by atoms with van der Waals surface area (Å²) in [6.07, 6.45) is 0.730. The molecular formula is C21H16BrN3O2. The summed E-state index contributed by atoms with van der Waals surface area (Å²) in [6.45, 7) is 0. The molecule has 0 saturated carbocycles. The Kier molecular flexibility index (Phi) is 4.73. The predicted octanol–water partition coefficient (Wildman–Crippen LogP) is 5.71. The standard InChI is InChI=1S/C21H16BrN3O2/c22-17-10-6-16(7-11-17)21-14-20(15-8-12-19(13-9-15)25(26)27)23-24(21)18-4-2-1-3-5-18/h1-13,21H,14H2. The highest BCUT2D eigenvalue weighted by Gasteiger charge is 2.30. The third-order valence-electron chi connectivity index (χ3n) is 4.60. The van der Waals surface area contributed by atoms with Crippen LogP contribution in [-0.2, 0) is 0 Å². The molecule has 0 saturated heterocycles. The maximum atomic E-state index is 10.9. The average Bonchev–Trinajstić information content (AvgIpc) is 3.15. The first-order chi connectivity index (χ1) is 13.1. The minimum atomic E-state index is -0.388. The van der Waals surface area contributed by atoms with Gasteiger partial charge >= 0.3 is 0 Å². The van der Waals surface area contributed by atoms with Crippen molar-refractivity contribution in [3.8, 4) is 0 Å². The van der Waals surface area contributed by atoms with E-state index in [1.54, 1.807) is 12.1 Å². The van der Waals surface area contributed by atoms with Gasteiger partial charge in [-0.15, -0.1) is 0 Å². The molecule has 1 unspecified atom stereocenters. The highest BCUT2D eigenvalue weighted by Crippen LogP contribution is 2.37. The van der Waals surface area contributed by atoms with Gasteiger partial charge in [0.1, 0.15) is 0 Å². The molecule has 0 spiro atoms. The molecule has 1 aliphatic rings. The van der Waals surface area contributed by atoms with Crippen LogP contribution in [0.4, 0.5) is 11.4 Å². The topological polar surface area (TPSA) is 58.7 Å². The Morgan fingerprint density at radius 1 is 0.963 bits per heavy atom. The molecule has 3 aromatic carbocycles. The number of hydrogen-bond acceptors (Lipinski definition) is 4. The fraction of sp³-hybridized carbons (Fsp3) is 0.0952. The van der Waals surface area contributed by atoms with Crippen LogP contribution in [0.3, 0.4) is 0 Å². The molecule has 0 aromatic heterocycles. The van der Waals surface area contributed by atoms with E-state index < -0.39 is 0 Å². The fourth-order valence-corrected chi connectivity index (χ4v) is 3.49. The molecule has 0 N–H and O–H groups in total. The predicted molar refractivity (Wildman–Crippen MR) is 110 cm³/mol. The number of hydrogen-bond donors (Lipinski definition) is 0. The van der Waals surface area contributed by atoms with Crippen molar-refractivity contribution in [2.24, 2.45) is 5.10 Å². The fourth-order valence-electron chi connectivity index (χ4n) is 3.22. The summed E-state index contributed by atoms with van der Waals surface area (Å²) in [7, 11) is 0. The number of anilines is 1. The number of hydrazone groups is 1. The van der Waals surface area contributed by atoms with Gasteiger partial charge in [0.15, 0.2) is 0 Å². The number of nitro groups is 1. The van der Waals surface area contributed by atoms with Crippen LogP contribution in [0.5, 0.6) is 0 Å². The van der Waals surface area contributed by atoms with Crippen molar-refractivity contribution >= 4 is 33.0 Å². The number of benzene rings is 3. The van der Waals surface area contributed by atoms with Crippen LogP contribution in [0.2, 0.25) is 0 Å². The maximum Gasteiger partial charge on any atom is 0.269 e. The summed E-state index contributed by atoms with van der Waals surface area (Å²) in [5, 5.41) is 17.8. The van der Waals surface area contributed by atoms with E-state index >= 15 is 0 Å². The number of halogens is 1. The normalized spacial score (nSPS) is 16.3. The van der Waals surface area contributed by atoms with Gasteiger partial charge in [-0.25, -0.2) is 0 Å². The van der Waals surface area contributed by atoms with Crippen molar-refractivity contribution < 1.29 is 4.92 Å². The van der Waals surface area contributed by atoms with Crippen molar-refractivity contribution in [3.63, 3.8) is 0 Å². The zero-order valence-corrected chi connectivity index (χ0v) is 15.9. The summed E-state index contributed by atoms with van der Waals surface area (Å²) >= 11 is 3.48. The first-order valence-corrected chi connectivity index (χ1v) is 9.33. The summed E-state index contributed by atoms with van der Waals surface area (Å²) in [5.74, 6) is 0. The molecular weight excluding hydrogens is 406 g/mol. The van der Waals surface area contributed by atoms with Crippen LogP contribution in [0.1, 0.15) is 23.6 Å². The number of non-ortho nitro benzene ring substituents is 1. The number of rotatable bonds is 4. The van der Waals surface area contributed by atoms with Crippen molar-refractivity contribution in [1.82, 2.24) is 0 Å². The lowest BCUT2D eigenvalue weighted by Gasteiger charge is -2.24. The van der Waals surface area contributed by atoms with Gasteiger partial charge in [-0.2, -0.15) is 5.10 Å². The molecule has 1 atom stereocenters. The van der Waals surface area contributed by atoms with E-state index in [-0.39, 0.29) is 16.7 Å². The highest BCUT2D eigenvalue weighted by atomic mass is 79.9. The van der Waals surface area contributed by atoms with Gasteiger partial charge in [0.25, 0.3) is 5.69 Å². The second-order valence-corrected chi connectivity index (χ2v) is 7.22. The van der Waals surface area contributed by atoms with Gasteiger partial charge in [0, 0.05) is 23.0 Å². The van der Waals surface area contributed by atoms with Gasteiger partial charge in [-0.1, -0.05) is 46.3 Å².